The quantitative estimate of drug-likeness (QED) is 0.275. The molecule has 0 bridgehead atoms. The van der Waals surface area contributed by atoms with E-state index in [1.54, 1.807) is 6.26 Å². The molecule has 0 radical (unpaired) electrons. The summed E-state index contributed by atoms with van der Waals surface area (Å²) < 4.78 is 5.52. The second-order valence-corrected chi connectivity index (χ2v) is 6.50. The number of hydrogen-bond donors (Lipinski definition) is 2. The summed E-state index contributed by atoms with van der Waals surface area (Å²) in [5, 5.41) is 9.66. The maximum Gasteiger partial charge on any atom is 0.228 e. The van der Waals surface area contributed by atoms with E-state index in [1.807, 2.05) is 55.5 Å². The standard InChI is InChI=1S/C22H22N4O2/c1-15(26-28-13-4-12-23)16-7-9-17(10-8-16)24-21-18-5-2-3-6-20(18)25-22-19(21)11-14-27-22/h2-3,5-11,14H,4,12-13,23H2,1H3,(H,24,25)/b26-15+. The van der Waals surface area contributed by atoms with Crippen LogP contribution >= 0.6 is 0 Å². The van der Waals surface area contributed by atoms with Crippen molar-refractivity contribution >= 4 is 39.1 Å². The third kappa shape index (κ3) is 3.68. The van der Waals surface area contributed by atoms with Crippen molar-refractivity contribution in [3.05, 3.63) is 66.4 Å². The van der Waals surface area contributed by atoms with Crippen molar-refractivity contribution in [2.45, 2.75) is 13.3 Å². The number of nitrogens with two attached hydrogens (primary N) is 1. The van der Waals surface area contributed by atoms with Crippen LogP contribution in [0.3, 0.4) is 0 Å². The van der Waals surface area contributed by atoms with Crippen LogP contribution in [0.25, 0.3) is 22.0 Å². The molecule has 28 heavy (non-hydrogen) atoms. The van der Waals surface area contributed by atoms with Crippen molar-refractivity contribution in [3.8, 4) is 0 Å². The van der Waals surface area contributed by atoms with Gasteiger partial charge in [-0.2, -0.15) is 0 Å². The SMILES string of the molecule is C/C(=N\OCCCN)c1ccc(Nc2c3ccccc3nc3occc23)cc1. The predicted molar refractivity (Wildman–Crippen MR) is 113 cm³/mol. The molecule has 142 valence electrons. The molecule has 2 aromatic heterocycles. The van der Waals surface area contributed by atoms with E-state index in [-0.39, 0.29) is 0 Å². The second kappa shape index (κ2) is 8.10. The lowest BCUT2D eigenvalue weighted by atomic mass is 10.1. The van der Waals surface area contributed by atoms with Crippen LogP contribution in [-0.4, -0.2) is 23.8 Å². The molecule has 0 aliphatic carbocycles. The highest BCUT2D eigenvalue weighted by atomic mass is 16.6. The molecule has 0 aliphatic heterocycles. The number of benzene rings is 2. The highest BCUT2D eigenvalue weighted by Gasteiger charge is 2.11. The number of nitrogens with one attached hydrogen (secondary N) is 1. The number of rotatable bonds is 7. The fourth-order valence-corrected chi connectivity index (χ4v) is 3.03. The van der Waals surface area contributed by atoms with Crippen LogP contribution in [0.2, 0.25) is 0 Å². The molecule has 0 spiro atoms. The zero-order valence-electron chi connectivity index (χ0n) is 15.7. The van der Waals surface area contributed by atoms with E-state index in [2.05, 4.69) is 21.5 Å². The summed E-state index contributed by atoms with van der Waals surface area (Å²) in [5.41, 5.74) is 10.8. The first-order chi connectivity index (χ1) is 13.8. The first-order valence-corrected chi connectivity index (χ1v) is 9.26. The lowest BCUT2D eigenvalue weighted by Crippen LogP contribution is -2.03. The van der Waals surface area contributed by atoms with Gasteiger partial charge in [0.15, 0.2) is 0 Å². The van der Waals surface area contributed by atoms with Crippen LogP contribution in [0.5, 0.6) is 0 Å². The van der Waals surface area contributed by atoms with E-state index in [9.17, 15) is 0 Å². The monoisotopic (exact) mass is 374 g/mol. The van der Waals surface area contributed by atoms with Gasteiger partial charge in [0.2, 0.25) is 5.71 Å². The summed E-state index contributed by atoms with van der Waals surface area (Å²) in [6.45, 7) is 3.06. The van der Waals surface area contributed by atoms with Gasteiger partial charge in [-0.05, 0) is 49.7 Å². The number of fused-ring (bicyclic) bond motifs is 2. The smallest absolute Gasteiger partial charge is 0.228 e. The van der Waals surface area contributed by atoms with Crippen molar-refractivity contribution in [1.82, 2.24) is 4.98 Å². The van der Waals surface area contributed by atoms with Gasteiger partial charge in [0, 0.05) is 11.1 Å². The van der Waals surface area contributed by atoms with Gasteiger partial charge in [-0.25, -0.2) is 4.98 Å². The maximum absolute atomic E-state index is 5.52. The summed E-state index contributed by atoms with van der Waals surface area (Å²) in [6, 6.07) is 18.0. The molecule has 6 nitrogen and oxygen atoms in total. The number of oxime groups is 1. The van der Waals surface area contributed by atoms with Crippen LogP contribution in [-0.2, 0) is 4.84 Å². The number of pyridine rings is 1. The Bertz CT molecular complexity index is 1120. The Balaban J connectivity index is 1.60. The molecule has 0 saturated carbocycles. The molecule has 0 atom stereocenters. The Labute approximate surface area is 163 Å². The largest absolute Gasteiger partial charge is 0.446 e. The zero-order chi connectivity index (χ0) is 19.3. The Morgan fingerprint density at radius 3 is 2.75 bits per heavy atom. The van der Waals surface area contributed by atoms with Crippen molar-refractivity contribution in [2.24, 2.45) is 10.9 Å². The minimum atomic E-state index is 0.531. The Kier molecular flexibility index (Phi) is 5.21. The highest BCUT2D eigenvalue weighted by Crippen LogP contribution is 2.33. The van der Waals surface area contributed by atoms with Crippen molar-refractivity contribution < 1.29 is 9.25 Å². The number of furan rings is 1. The van der Waals surface area contributed by atoms with Crippen molar-refractivity contribution in [2.75, 3.05) is 18.5 Å². The van der Waals surface area contributed by atoms with Gasteiger partial charge >= 0.3 is 0 Å². The minimum Gasteiger partial charge on any atom is -0.446 e. The van der Waals surface area contributed by atoms with Gasteiger partial charge in [-0.1, -0.05) is 35.5 Å². The molecular formula is C22H22N4O2. The molecule has 0 saturated heterocycles. The van der Waals surface area contributed by atoms with Crippen LogP contribution < -0.4 is 11.1 Å². The molecule has 0 amide bonds. The normalized spacial score (nSPS) is 11.9. The summed E-state index contributed by atoms with van der Waals surface area (Å²) >= 11 is 0. The fraction of sp³-hybridized carbons (Fsp3) is 0.182. The van der Waals surface area contributed by atoms with Crippen LogP contribution in [0.15, 0.2) is 70.4 Å². The molecule has 2 heterocycles. The summed E-state index contributed by atoms with van der Waals surface area (Å²) in [6.07, 6.45) is 2.46. The first-order valence-electron chi connectivity index (χ1n) is 9.26. The summed E-state index contributed by atoms with van der Waals surface area (Å²) in [5.74, 6) is 0. The summed E-state index contributed by atoms with van der Waals surface area (Å²) in [4.78, 5) is 9.85. The first kappa shape index (κ1) is 18.0. The molecule has 2 aromatic carbocycles. The van der Waals surface area contributed by atoms with E-state index in [1.165, 1.54) is 0 Å². The molecule has 4 rings (SSSR count). The third-order valence-corrected chi connectivity index (χ3v) is 4.52. The maximum atomic E-state index is 5.52. The lowest BCUT2D eigenvalue weighted by Gasteiger charge is -2.11. The predicted octanol–water partition coefficient (Wildman–Crippen LogP) is 4.81. The molecule has 0 aliphatic rings. The number of nitrogens with zero attached hydrogens (tertiary/aromatic N) is 2. The van der Waals surface area contributed by atoms with Crippen molar-refractivity contribution in [3.63, 3.8) is 0 Å². The lowest BCUT2D eigenvalue weighted by molar-refractivity contribution is 0.143. The van der Waals surface area contributed by atoms with Gasteiger partial charge in [-0.15, -0.1) is 0 Å². The van der Waals surface area contributed by atoms with Crippen LogP contribution in [0.1, 0.15) is 18.9 Å². The zero-order valence-corrected chi connectivity index (χ0v) is 15.7. The number of hydrogen-bond acceptors (Lipinski definition) is 6. The topological polar surface area (TPSA) is 85.7 Å². The third-order valence-electron chi connectivity index (χ3n) is 4.52. The van der Waals surface area contributed by atoms with E-state index < -0.39 is 0 Å². The van der Waals surface area contributed by atoms with Gasteiger partial charge in [0.25, 0.3) is 0 Å². The van der Waals surface area contributed by atoms with Gasteiger partial charge in [0.05, 0.1) is 28.6 Å². The van der Waals surface area contributed by atoms with Gasteiger partial charge in [-0.3, -0.25) is 0 Å². The highest BCUT2D eigenvalue weighted by molar-refractivity contribution is 6.07. The number of aromatic nitrogens is 1. The van der Waals surface area contributed by atoms with E-state index in [0.29, 0.717) is 18.9 Å². The van der Waals surface area contributed by atoms with Crippen LogP contribution in [0, 0.1) is 0 Å². The molecule has 0 unspecified atom stereocenters. The number of anilines is 2. The molecule has 6 heteroatoms. The van der Waals surface area contributed by atoms with E-state index >= 15 is 0 Å². The average molecular weight is 374 g/mol. The average Bonchev–Trinajstić information content (AvgIpc) is 3.20. The minimum absolute atomic E-state index is 0.531. The molecule has 3 N–H and O–H groups in total. The van der Waals surface area contributed by atoms with Gasteiger partial charge < -0.3 is 20.3 Å². The summed E-state index contributed by atoms with van der Waals surface area (Å²) in [7, 11) is 0. The van der Waals surface area contributed by atoms with E-state index in [4.69, 9.17) is 15.0 Å². The molecular weight excluding hydrogens is 352 g/mol. The van der Waals surface area contributed by atoms with Crippen molar-refractivity contribution in [1.29, 1.82) is 0 Å². The van der Waals surface area contributed by atoms with Crippen LogP contribution in [0.4, 0.5) is 11.4 Å². The molecule has 4 aromatic rings. The Morgan fingerprint density at radius 2 is 1.93 bits per heavy atom. The Hall–Kier alpha value is -3.38. The molecule has 0 fully saturated rings. The second-order valence-electron chi connectivity index (χ2n) is 6.50. The Morgan fingerprint density at radius 1 is 1.11 bits per heavy atom. The van der Waals surface area contributed by atoms with E-state index in [0.717, 1.165) is 45.4 Å². The van der Waals surface area contributed by atoms with Gasteiger partial charge in [0.1, 0.15) is 6.61 Å². The number of para-hydroxylation sites is 1. The fourth-order valence-electron chi connectivity index (χ4n) is 3.03.